The SMILES string of the molecule is CC(=O)CC[C@@H](C)[C@H]1CC[C@H]2[C@@H]3CCC4C[C@@H](OCCCCCO)CC[C@]4(C)[C@H]3CC[C@]12C. The van der Waals surface area contributed by atoms with Crippen LogP contribution in [-0.4, -0.2) is 30.2 Å². The third-order valence-electron chi connectivity index (χ3n) is 11.5. The molecule has 33 heavy (non-hydrogen) atoms. The summed E-state index contributed by atoms with van der Waals surface area (Å²) >= 11 is 0. The Balaban J connectivity index is 1.36. The monoisotopic (exact) mass is 460 g/mol. The molecule has 3 nitrogen and oxygen atoms in total. The summed E-state index contributed by atoms with van der Waals surface area (Å²) in [5.41, 5.74) is 1.04. The molecule has 0 bridgehead atoms. The van der Waals surface area contributed by atoms with E-state index in [9.17, 15) is 4.79 Å². The van der Waals surface area contributed by atoms with Gasteiger partial charge in [0, 0.05) is 19.6 Å². The molecule has 0 radical (unpaired) electrons. The van der Waals surface area contributed by atoms with Crippen molar-refractivity contribution in [1.82, 2.24) is 0 Å². The Morgan fingerprint density at radius 3 is 2.48 bits per heavy atom. The zero-order valence-electron chi connectivity index (χ0n) is 22.1. The fraction of sp³-hybridized carbons (Fsp3) is 0.967. The molecule has 3 heteroatoms. The summed E-state index contributed by atoms with van der Waals surface area (Å²) in [6.45, 7) is 10.7. The van der Waals surface area contributed by atoms with Gasteiger partial charge in [-0.25, -0.2) is 0 Å². The Hall–Kier alpha value is -0.410. The lowest BCUT2D eigenvalue weighted by Gasteiger charge is -2.61. The van der Waals surface area contributed by atoms with Crippen LogP contribution in [0, 0.1) is 46.3 Å². The van der Waals surface area contributed by atoms with Crippen molar-refractivity contribution < 1.29 is 14.6 Å². The number of fused-ring (bicyclic) bond motifs is 5. The zero-order chi connectivity index (χ0) is 23.6. The van der Waals surface area contributed by atoms with Crippen molar-refractivity contribution in [3.63, 3.8) is 0 Å². The molecule has 0 aromatic heterocycles. The first kappa shape index (κ1) is 25.7. The molecular formula is C30H52O3. The van der Waals surface area contributed by atoms with Crippen molar-refractivity contribution in [3.8, 4) is 0 Å². The highest BCUT2D eigenvalue weighted by Gasteiger charge is 2.60. The number of hydrogen-bond acceptors (Lipinski definition) is 3. The highest BCUT2D eigenvalue weighted by Crippen LogP contribution is 2.68. The Morgan fingerprint density at radius 1 is 0.970 bits per heavy atom. The predicted molar refractivity (Wildman–Crippen MR) is 135 cm³/mol. The van der Waals surface area contributed by atoms with Crippen LogP contribution in [0.1, 0.15) is 118 Å². The van der Waals surface area contributed by atoms with Crippen LogP contribution < -0.4 is 0 Å². The van der Waals surface area contributed by atoms with Crippen molar-refractivity contribution in [1.29, 1.82) is 0 Å². The van der Waals surface area contributed by atoms with Crippen LogP contribution in [0.3, 0.4) is 0 Å². The van der Waals surface area contributed by atoms with Gasteiger partial charge in [0.25, 0.3) is 0 Å². The maximum Gasteiger partial charge on any atom is 0.129 e. The number of aliphatic hydroxyl groups excluding tert-OH is 1. The summed E-state index contributed by atoms with van der Waals surface area (Å²) < 4.78 is 6.32. The largest absolute Gasteiger partial charge is 0.396 e. The second kappa shape index (κ2) is 10.7. The Morgan fingerprint density at radius 2 is 1.73 bits per heavy atom. The molecule has 4 saturated carbocycles. The van der Waals surface area contributed by atoms with Gasteiger partial charge in [-0.1, -0.05) is 20.8 Å². The van der Waals surface area contributed by atoms with Gasteiger partial charge < -0.3 is 14.6 Å². The predicted octanol–water partition coefficient (Wildman–Crippen LogP) is 7.20. The van der Waals surface area contributed by atoms with E-state index in [4.69, 9.17) is 9.84 Å². The molecule has 0 amide bonds. The summed E-state index contributed by atoms with van der Waals surface area (Å²) in [5, 5.41) is 8.97. The maximum absolute atomic E-state index is 11.6. The smallest absolute Gasteiger partial charge is 0.129 e. The molecule has 0 aromatic rings. The van der Waals surface area contributed by atoms with Crippen LogP contribution in [-0.2, 0) is 9.53 Å². The second-order valence-electron chi connectivity index (χ2n) is 13.2. The number of Topliss-reactive ketones (excluding diaryl/α,β-unsaturated/α-hetero) is 1. The van der Waals surface area contributed by atoms with Gasteiger partial charge >= 0.3 is 0 Å². The van der Waals surface area contributed by atoms with E-state index in [1.54, 1.807) is 6.92 Å². The summed E-state index contributed by atoms with van der Waals surface area (Å²) in [6.07, 6.45) is 17.9. The Labute approximate surface area is 203 Å². The van der Waals surface area contributed by atoms with E-state index >= 15 is 0 Å². The molecule has 1 N–H and O–H groups in total. The van der Waals surface area contributed by atoms with Gasteiger partial charge in [0.05, 0.1) is 6.10 Å². The molecule has 4 aliphatic rings. The van der Waals surface area contributed by atoms with Crippen molar-refractivity contribution in [2.75, 3.05) is 13.2 Å². The third-order valence-corrected chi connectivity index (χ3v) is 11.5. The number of ketones is 1. The van der Waals surface area contributed by atoms with Crippen molar-refractivity contribution >= 4 is 5.78 Å². The molecule has 0 saturated heterocycles. The van der Waals surface area contributed by atoms with Crippen molar-refractivity contribution in [2.45, 2.75) is 124 Å². The van der Waals surface area contributed by atoms with E-state index in [2.05, 4.69) is 20.8 Å². The fourth-order valence-corrected chi connectivity index (χ4v) is 9.62. The van der Waals surface area contributed by atoms with E-state index in [0.717, 1.165) is 68.3 Å². The lowest BCUT2D eigenvalue weighted by Crippen LogP contribution is -2.54. The molecule has 0 aromatic carbocycles. The Kier molecular flexibility index (Phi) is 8.32. The first-order valence-corrected chi connectivity index (χ1v) is 14.5. The molecule has 0 aliphatic heterocycles. The van der Waals surface area contributed by atoms with Crippen molar-refractivity contribution in [3.05, 3.63) is 0 Å². The number of unbranched alkanes of at least 4 members (excludes halogenated alkanes) is 2. The number of hydrogen-bond donors (Lipinski definition) is 1. The standard InChI is InChI=1S/C30H52O3/c1-21(8-9-22(2)32)26-12-13-27-25-11-10-23-20-24(33-19-7-5-6-18-31)14-16-29(23,3)28(25)15-17-30(26,27)4/h21,23-28,31H,5-20H2,1-4H3/t21-,23?,24+,25+,26-,27+,28+,29+,30-/m1/s1. The van der Waals surface area contributed by atoms with Gasteiger partial charge in [-0.15, -0.1) is 0 Å². The van der Waals surface area contributed by atoms with Crippen LogP contribution >= 0.6 is 0 Å². The normalized spacial score (nSPS) is 43.4. The minimum atomic E-state index is 0.310. The van der Waals surface area contributed by atoms with Gasteiger partial charge in [0.1, 0.15) is 5.78 Å². The minimum absolute atomic E-state index is 0.310. The molecule has 4 fully saturated rings. The van der Waals surface area contributed by atoms with E-state index in [1.165, 1.54) is 57.8 Å². The van der Waals surface area contributed by atoms with Gasteiger partial charge in [0.15, 0.2) is 0 Å². The van der Waals surface area contributed by atoms with E-state index in [-0.39, 0.29) is 0 Å². The molecule has 0 heterocycles. The molecule has 1 unspecified atom stereocenters. The van der Waals surface area contributed by atoms with Crippen LogP contribution in [0.2, 0.25) is 0 Å². The maximum atomic E-state index is 11.6. The Bertz CT molecular complexity index is 661. The lowest BCUT2D eigenvalue weighted by atomic mass is 9.44. The number of aliphatic hydroxyl groups is 1. The fourth-order valence-electron chi connectivity index (χ4n) is 9.62. The molecular weight excluding hydrogens is 408 g/mol. The summed E-state index contributed by atoms with van der Waals surface area (Å²) in [7, 11) is 0. The topological polar surface area (TPSA) is 46.5 Å². The molecule has 190 valence electrons. The first-order chi connectivity index (χ1) is 15.8. The highest BCUT2D eigenvalue weighted by molar-refractivity contribution is 5.75. The molecule has 9 atom stereocenters. The molecule has 4 aliphatic carbocycles. The lowest BCUT2D eigenvalue weighted by molar-refractivity contribution is -0.137. The van der Waals surface area contributed by atoms with Crippen molar-refractivity contribution in [2.24, 2.45) is 46.3 Å². The van der Waals surface area contributed by atoms with Gasteiger partial charge in [-0.05, 0) is 137 Å². The molecule has 4 rings (SSSR count). The minimum Gasteiger partial charge on any atom is -0.396 e. The van der Waals surface area contributed by atoms with E-state index < -0.39 is 0 Å². The number of ether oxygens (including phenoxy) is 1. The summed E-state index contributed by atoms with van der Waals surface area (Å²) in [6, 6.07) is 0. The highest BCUT2D eigenvalue weighted by atomic mass is 16.5. The average molecular weight is 461 g/mol. The van der Waals surface area contributed by atoms with E-state index in [1.807, 2.05) is 0 Å². The van der Waals surface area contributed by atoms with E-state index in [0.29, 0.717) is 35.2 Å². The van der Waals surface area contributed by atoms with Gasteiger partial charge in [-0.3, -0.25) is 0 Å². The summed E-state index contributed by atoms with van der Waals surface area (Å²) in [5.74, 6) is 5.50. The van der Waals surface area contributed by atoms with Gasteiger partial charge in [0.2, 0.25) is 0 Å². The number of carbonyl (C=O) groups excluding carboxylic acids is 1. The van der Waals surface area contributed by atoms with Crippen LogP contribution in [0.5, 0.6) is 0 Å². The number of rotatable bonds is 10. The third kappa shape index (κ3) is 5.11. The zero-order valence-corrected chi connectivity index (χ0v) is 22.1. The average Bonchev–Trinajstić information content (AvgIpc) is 3.14. The summed E-state index contributed by atoms with van der Waals surface area (Å²) in [4.78, 5) is 11.6. The van der Waals surface area contributed by atoms with Crippen LogP contribution in [0.25, 0.3) is 0 Å². The second-order valence-corrected chi connectivity index (χ2v) is 13.2. The van der Waals surface area contributed by atoms with Crippen LogP contribution in [0.4, 0.5) is 0 Å². The molecule has 0 spiro atoms. The first-order valence-electron chi connectivity index (χ1n) is 14.5. The number of carbonyl (C=O) groups is 1. The van der Waals surface area contributed by atoms with Gasteiger partial charge in [-0.2, -0.15) is 0 Å². The van der Waals surface area contributed by atoms with Crippen LogP contribution in [0.15, 0.2) is 0 Å². The quantitative estimate of drug-likeness (QED) is 0.351.